The van der Waals surface area contributed by atoms with Crippen LogP contribution in [0.4, 0.5) is 0 Å². The summed E-state index contributed by atoms with van der Waals surface area (Å²) in [7, 11) is 0. The summed E-state index contributed by atoms with van der Waals surface area (Å²) in [5, 5.41) is 15.8. The predicted molar refractivity (Wildman–Crippen MR) is 80.9 cm³/mol. The minimum atomic E-state index is -0.457. The van der Waals surface area contributed by atoms with E-state index < -0.39 is 6.10 Å². The van der Waals surface area contributed by atoms with E-state index in [9.17, 15) is 9.90 Å². The smallest absolute Gasteiger partial charge is 0.225 e. The second kappa shape index (κ2) is 6.22. The molecule has 1 aliphatic carbocycles. The highest BCUT2D eigenvalue weighted by atomic mass is 32.1. The highest BCUT2D eigenvalue weighted by Gasteiger charge is 2.31. The first-order chi connectivity index (χ1) is 9.38. The Kier molecular flexibility index (Phi) is 4.81. The van der Waals surface area contributed by atoms with E-state index in [1.54, 1.807) is 11.3 Å². The lowest BCUT2D eigenvalue weighted by atomic mass is 9.98. The van der Waals surface area contributed by atoms with Crippen molar-refractivity contribution in [3.8, 4) is 0 Å². The summed E-state index contributed by atoms with van der Waals surface area (Å²) in [6, 6.07) is 0. The molecule has 112 valence electrons. The Morgan fingerprint density at radius 1 is 1.50 bits per heavy atom. The molecule has 1 aromatic rings. The summed E-state index contributed by atoms with van der Waals surface area (Å²) in [4.78, 5) is 16.5. The van der Waals surface area contributed by atoms with Crippen molar-refractivity contribution in [3.05, 3.63) is 16.1 Å². The highest BCUT2D eigenvalue weighted by molar-refractivity contribution is 7.09. The number of hydrogen-bond donors (Lipinski definition) is 2. The van der Waals surface area contributed by atoms with Crippen molar-refractivity contribution < 1.29 is 9.90 Å². The van der Waals surface area contributed by atoms with Crippen molar-refractivity contribution in [3.63, 3.8) is 0 Å². The van der Waals surface area contributed by atoms with Crippen LogP contribution in [-0.2, 0) is 16.6 Å². The summed E-state index contributed by atoms with van der Waals surface area (Å²) in [6.07, 6.45) is 2.79. The van der Waals surface area contributed by atoms with Gasteiger partial charge in [-0.2, -0.15) is 0 Å². The number of nitrogens with zero attached hydrogens (tertiary/aromatic N) is 1. The minimum absolute atomic E-state index is 0.0127. The Morgan fingerprint density at radius 2 is 2.25 bits per heavy atom. The number of carbonyl (C=O) groups excluding carboxylic acids is 1. The van der Waals surface area contributed by atoms with Gasteiger partial charge in [-0.1, -0.05) is 20.8 Å². The Balaban J connectivity index is 1.78. The first-order valence-electron chi connectivity index (χ1n) is 7.28. The van der Waals surface area contributed by atoms with Crippen LogP contribution >= 0.6 is 11.3 Å². The standard InChI is InChI=1S/C15H24N2O2S/c1-15(2,3)14-17-10(9-20-14)7-8-16-13(19)11-5-4-6-12(11)18/h9,11-12,18H,4-8H2,1-3H3,(H,16,19). The van der Waals surface area contributed by atoms with E-state index >= 15 is 0 Å². The molecule has 4 nitrogen and oxygen atoms in total. The monoisotopic (exact) mass is 296 g/mol. The summed E-state index contributed by atoms with van der Waals surface area (Å²) in [5.41, 5.74) is 1.12. The van der Waals surface area contributed by atoms with Crippen LogP contribution in [0.5, 0.6) is 0 Å². The van der Waals surface area contributed by atoms with Crippen LogP contribution in [-0.4, -0.2) is 28.6 Å². The number of thiazole rings is 1. The van der Waals surface area contributed by atoms with Gasteiger partial charge < -0.3 is 10.4 Å². The fourth-order valence-electron chi connectivity index (χ4n) is 2.46. The van der Waals surface area contributed by atoms with Crippen LogP contribution in [0.3, 0.4) is 0 Å². The van der Waals surface area contributed by atoms with E-state index in [1.165, 1.54) is 0 Å². The molecule has 0 saturated heterocycles. The lowest BCUT2D eigenvalue weighted by Crippen LogP contribution is -2.35. The normalized spacial score (nSPS) is 23.0. The number of aromatic nitrogens is 1. The van der Waals surface area contributed by atoms with E-state index in [0.717, 1.165) is 36.4 Å². The summed E-state index contributed by atoms with van der Waals surface area (Å²) >= 11 is 1.68. The van der Waals surface area contributed by atoms with Crippen molar-refractivity contribution in [1.29, 1.82) is 0 Å². The molecule has 2 rings (SSSR count). The summed E-state index contributed by atoms with van der Waals surface area (Å²) < 4.78 is 0. The quantitative estimate of drug-likeness (QED) is 0.896. The van der Waals surface area contributed by atoms with E-state index in [-0.39, 0.29) is 17.2 Å². The van der Waals surface area contributed by atoms with Crippen LogP contribution in [0.25, 0.3) is 0 Å². The number of aliphatic hydroxyl groups excluding tert-OH is 1. The maximum atomic E-state index is 11.9. The zero-order valence-electron chi connectivity index (χ0n) is 12.5. The van der Waals surface area contributed by atoms with Gasteiger partial charge in [0.1, 0.15) is 0 Å². The number of nitrogens with one attached hydrogen (secondary N) is 1. The molecule has 0 aliphatic heterocycles. The van der Waals surface area contributed by atoms with Gasteiger partial charge in [-0.15, -0.1) is 11.3 Å². The van der Waals surface area contributed by atoms with Gasteiger partial charge >= 0.3 is 0 Å². The average Bonchev–Trinajstić information content (AvgIpc) is 2.97. The minimum Gasteiger partial charge on any atom is -0.392 e. The molecule has 1 fully saturated rings. The van der Waals surface area contributed by atoms with E-state index in [2.05, 4.69) is 36.5 Å². The number of hydrogen-bond acceptors (Lipinski definition) is 4. The van der Waals surface area contributed by atoms with Crippen molar-refractivity contribution in [2.45, 2.75) is 58.0 Å². The first kappa shape index (κ1) is 15.4. The Bertz CT molecular complexity index is 465. The first-order valence-corrected chi connectivity index (χ1v) is 8.16. The molecule has 2 unspecified atom stereocenters. The zero-order chi connectivity index (χ0) is 14.8. The molecule has 20 heavy (non-hydrogen) atoms. The van der Waals surface area contributed by atoms with Crippen molar-refractivity contribution >= 4 is 17.2 Å². The van der Waals surface area contributed by atoms with Gasteiger partial charge in [-0.3, -0.25) is 4.79 Å². The SMILES string of the molecule is CC(C)(C)c1nc(CCNC(=O)C2CCCC2O)cs1. The molecule has 1 aliphatic rings. The molecule has 1 saturated carbocycles. The second-order valence-electron chi connectivity index (χ2n) is 6.54. The lowest BCUT2D eigenvalue weighted by Gasteiger charge is -2.14. The molecule has 1 amide bonds. The van der Waals surface area contributed by atoms with Crippen LogP contribution in [0.1, 0.15) is 50.7 Å². The van der Waals surface area contributed by atoms with Gasteiger partial charge in [-0.05, 0) is 19.3 Å². The molecule has 0 bridgehead atoms. The molecular formula is C15H24N2O2S. The Morgan fingerprint density at radius 3 is 2.80 bits per heavy atom. The molecule has 0 aromatic carbocycles. The van der Waals surface area contributed by atoms with E-state index in [1.807, 2.05) is 0 Å². The van der Waals surface area contributed by atoms with Gasteiger partial charge in [0.25, 0.3) is 0 Å². The third-order valence-electron chi connectivity index (χ3n) is 3.69. The van der Waals surface area contributed by atoms with Crippen LogP contribution in [0.2, 0.25) is 0 Å². The number of rotatable bonds is 4. The topological polar surface area (TPSA) is 62.2 Å². The summed E-state index contributed by atoms with van der Waals surface area (Å²) in [5.74, 6) is -0.225. The largest absolute Gasteiger partial charge is 0.392 e. The molecule has 2 N–H and O–H groups in total. The van der Waals surface area contributed by atoms with Gasteiger partial charge in [0.05, 0.1) is 22.7 Å². The summed E-state index contributed by atoms with van der Waals surface area (Å²) in [6.45, 7) is 7.05. The molecule has 5 heteroatoms. The predicted octanol–water partition coefficient (Wildman–Crippen LogP) is 2.26. The maximum absolute atomic E-state index is 11.9. The molecule has 2 atom stereocenters. The maximum Gasteiger partial charge on any atom is 0.225 e. The van der Waals surface area contributed by atoms with Crippen LogP contribution < -0.4 is 5.32 Å². The van der Waals surface area contributed by atoms with Crippen LogP contribution in [0, 0.1) is 5.92 Å². The molecule has 0 spiro atoms. The third kappa shape index (κ3) is 3.79. The second-order valence-corrected chi connectivity index (χ2v) is 7.40. The third-order valence-corrected chi connectivity index (χ3v) is 5.01. The number of aliphatic hydroxyl groups is 1. The van der Waals surface area contributed by atoms with E-state index in [4.69, 9.17) is 0 Å². The molecule has 1 aromatic heterocycles. The van der Waals surface area contributed by atoms with Crippen molar-refractivity contribution in [1.82, 2.24) is 10.3 Å². The lowest BCUT2D eigenvalue weighted by molar-refractivity contribution is -0.127. The van der Waals surface area contributed by atoms with Crippen LogP contribution in [0.15, 0.2) is 5.38 Å². The molecule has 0 radical (unpaired) electrons. The van der Waals surface area contributed by atoms with Gasteiger partial charge in [0.15, 0.2) is 0 Å². The fourth-order valence-corrected chi connectivity index (χ4v) is 3.40. The molecular weight excluding hydrogens is 272 g/mol. The number of amides is 1. The number of carbonyl (C=O) groups is 1. The Labute approximate surface area is 124 Å². The van der Waals surface area contributed by atoms with Gasteiger partial charge in [0.2, 0.25) is 5.91 Å². The van der Waals surface area contributed by atoms with Gasteiger partial charge in [-0.25, -0.2) is 4.98 Å². The van der Waals surface area contributed by atoms with Crippen molar-refractivity contribution in [2.75, 3.05) is 6.54 Å². The Hall–Kier alpha value is -0.940. The average molecular weight is 296 g/mol. The fraction of sp³-hybridized carbons (Fsp3) is 0.733. The highest BCUT2D eigenvalue weighted by Crippen LogP contribution is 2.26. The van der Waals surface area contributed by atoms with Crippen molar-refractivity contribution in [2.24, 2.45) is 5.92 Å². The van der Waals surface area contributed by atoms with Gasteiger partial charge in [0, 0.05) is 23.8 Å². The zero-order valence-corrected chi connectivity index (χ0v) is 13.3. The molecule has 1 heterocycles. The van der Waals surface area contributed by atoms with E-state index in [0.29, 0.717) is 6.54 Å².